The van der Waals surface area contributed by atoms with Crippen LogP contribution >= 0.6 is 0 Å². The molecule has 0 aliphatic carbocycles. The second kappa shape index (κ2) is 4.19. The van der Waals surface area contributed by atoms with E-state index < -0.39 is 0 Å². The van der Waals surface area contributed by atoms with E-state index in [0.717, 1.165) is 19.6 Å². The van der Waals surface area contributed by atoms with Crippen molar-refractivity contribution >= 4 is 0 Å². The van der Waals surface area contributed by atoms with Crippen molar-refractivity contribution in [1.82, 2.24) is 5.06 Å². The number of hydroxylamine groups is 2. The highest BCUT2D eigenvalue weighted by atomic mass is 16.7. The molecule has 0 atom stereocenters. The van der Waals surface area contributed by atoms with Crippen LogP contribution in [0.4, 0.5) is 0 Å². The summed E-state index contributed by atoms with van der Waals surface area (Å²) in [7, 11) is 0. The Morgan fingerprint density at radius 2 is 1.86 bits per heavy atom. The number of hydrogen-bond acceptors (Lipinski definition) is 2. The molecule has 0 aromatic heterocycles. The van der Waals surface area contributed by atoms with Gasteiger partial charge in [-0.05, 0) is 38.5 Å². The van der Waals surface area contributed by atoms with Crippen molar-refractivity contribution in [2.75, 3.05) is 13.2 Å². The Bertz CT molecular complexity index is 187. The Morgan fingerprint density at radius 1 is 1.21 bits per heavy atom. The van der Waals surface area contributed by atoms with Crippen molar-refractivity contribution in [1.29, 1.82) is 0 Å². The summed E-state index contributed by atoms with van der Waals surface area (Å²) in [4.78, 5) is 5.82. The van der Waals surface area contributed by atoms with E-state index in [0.29, 0.717) is 5.41 Å². The van der Waals surface area contributed by atoms with Gasteiger partial charge in [-0.3, -0.25) is 4.84 Å². The van der Waals surface area contributed by atoms with Gasteiger partial charge in [0, 0.05) is 12.1 Å². The summed E-state index contributed by atoms with van der Waals surface area (Å²) in [6.07, 6.45) is 3.64. The molecule has 0 bridgehead atoms. The third-order valence-electron chi connectivity index (χ3n) is 3.89. The quantitative estimate of drug-likeness (QED) is 0.692. The lowest BCUT2D eigenvalue weighted by Crippen LogP contribution is -2.57. The van der Waals surface area contributed by atoms with E-state index in [1.165, 1.54) is 12.8 Å². The van der Waals surface area contributed by atoms with Crippen LogP contribution in [0.2, 0.25) is 0 Å². The first-order valence-corrected chi connectivity index (χ1v) is 5.82. The minimum Gasteiger partial charge on any atom is -0.298 e. The summed E-state index contributed by atoms with van der Waals surface area (Å²) in [5.41, 5.74) is 0.499. The Hall–Kier alpha value is -0.0800. The van der Waals surface area contributed by atoms with Crippen LogP contribution in [0.25, 0.3) is 0 Å². The molecule has 0 unspecified atom stereocenters. The molecule has 0 saturated carbocycles. The van der Waals surface area contributed by atoms with E-state index in [4.69, 9.17) is 4.84 Å². The molecule has 1 saturated heterocycles. The van der Waals surface area contributed by atoms with Gasteiger partial charge < -0.3 is 0 Å². The molecule has 2 heteroatoms. The molecule has 0 aromatic rings. The lowest BCUT2D eigenvalue weighted by Gasteiger charge is -2.52. The van der Waals surface area contributed by atoms with Crippen LogP contribution in [0.15, 0.2) is 0 Å². The summed E-state index contributed by atoms with van der Waals surface area (Å²) < 4.78 is 0. The third-order valence-corrected chi connectivity index (χ3v) is 3.89. The minimum atomic E-state index is 0.153. The predicted octanol–water partition coefficient (Wildman–Crippen LogP) is 3.23. The molecular formula is C12H25NO. The van der Waals surface area contributed by atoms with Crippen LogP contribution in [0.1, 0.15) is 53.9 Å². The SMILES string of the molecule is CCCON1CCCC(C)(C)C1(C)C. The summed E-state index contributed by atoms with van der Waals surface area (Å²) in [5.74, 6) is 0. The van der Waals surface area contributed by atoms with Gasteiger partial charge in [0.25, 0.3) is 0 Å². The molecule has 2 nitrogen and oxygen atoms in total. The molecule has 0 amide bonds. The molecule has 84 valence electrons. The molecule has 0 spiro atoms. The van der Waals surface area contributed by atoms with Gasteiger partial charge in [0.2, 0.25) is 0 Å². The van der Waals surface area contributed by atoms with Gasteiger partial charge in [0.1, 0.15) is 0 Å². The van der Waals surface area contributed by atoms with Crippen LogP contribution in [0, 0.1) is 5.41 Å². The normalized spacial score (nSPS) is 26.4. The van der Waals surface area contributed by atoms with Crippen LogP contribution < -0.4 is 0 Å². The summed E-state index contributed by atoms with van der Waals surface area (Å²) in [6.45, 7) is 13.4. The number of hydrogen-bond donors (Lipinski definition) is 0. The van der Waals surface area contributed by atoms with Gasteiger partial charge in [-0.25, -0.2) is 0 Å². The number of piperidine rings is 1. The highest BCUT2D eigenvalue weighted by Crippen LogP contribution is 2.43. The molecule has 1 aliphatic heterocycles. The molecule has 1 fully saturated rings. The zero-order valence-corrected chi connectivity index (χ0v) is 10.4. The average molecular weight is 199 g/mol. The second-order valence-corrected chi connectivity index (χ2v) is 5.48. The maximum Gasteiger partial charge on any atom is 0.0682 e. The van der Waals surface area contributed by atoms with E-state index in [9.17, 15) is 0 Å². The van der Waals surface area contributed by atoms with Crippen LogP contribution in [-0.2, 0) is 4.84 Å². The lowest BCUT2D eigenvalue weighted by molar-refractivity contribution is -0.257. The fraction of sp³-hybridized carbons (Fsp3) is 1.00. The minimum absolute atomic E-state index is 0.153. The second-order valence-electron chi connectivity index (χ2n) is 5.48. The fourth-order valence-electron chi connectivity index (χ4n) is 2.01. The summed E-state index contributed by atoms with van der Waals surface area (Å²) in [6, 6.07) is 0. The zero-order chi connectivity index (χ0) is 10.8. The third kappa shape index (κ3) is 2.12. The smallest absolute Gasteiger partial charge is 0.0682 e. The van der Waals surface area contributed by atoms with E-state index in [-0.39, 0.29) is 5.54 Å². The van der Waals surface area contributed by atoms with Gasteiger partial charge >= 0.3 is 0 Å². The number of rotatable bonds is 3. The highest BCUT2D eigenvalue weighted by Gasteiger charge is 2.45. The summed E-state index contributed by atoms with van der Waals surface area (Å²) >= 11 is 0. The molecule has 0 radical (unpaired) electrons. The highest BCUT2D eigenvalue weighted by molar-refractivity contribution is 4.95. The Morgan fingerprint density at radius 3 is 2.43 bits per heavy atom. The molecule has 14 heavy (non-hydrogen) atoms. The van der Waals surface area contributed by atoms with Crippen molar-refractivity contribution in [3.63, 3.8) is 0 Å². The molecular weight excluding hydrogens is 174 g/mol. The Labute approximate surface area is 88.6 Å². The van der Waals surface area contributed by atoms with Crippen LogP contribution in [0.5, 0.6) is 0 Å². The van der Waals surface area contributed by atoms with Gasteiger partial charge in [0.05, 0.1) is 6.61 Å². The first-order valence-electron chi connectivity index (χ1n) is 5.82. The topological polar surface area (TPSA) is 12.5 Å². The zero-order valence-electron chi connectivity index (χ0n) is 10.4. The van der Waals surface area contributed by atoms with E-state index in [1.54, 1.807) is 0 Å². The van der Waals surface area contributed by atoms with Crippen molar-refractivity contribution in [3.8, 4) is 0 Å². The largest absolute Gasteiger partial charge is 0.298 e. The molecule has 1 heterocycles. The Kier molecular flexibility index (Phi) is 3.59. The standard InChI is InChI=1S/C12H25NO/c1-6-10-14-13-9-7-8-11(2,3)12(13,4)5/h6-10H2,1-5H3. The first kappa shape index (κ1) is 12.0. The van der Waals surface area contributed by atoms with Gasteiger partial charge in [-0.15, -0.1) is 0 Å². The van der Waals surface area contributed by atoms with Crippen molar-refractivity contribution < 1.29 is 4.84 Å². The predicted molar refractivity (Wildman–Crippen MR) is 60.0 cm³/mol. The molecule has 0 N–H and O–H groups in total. The van der Waals surface area contributed by atoms with E-state index in [2.05, 4.69) is 39.7 Å². The number of nitrogens with zero attached hydrogens (tertiary/aromatic N) is 1. The lowest BCUT2D eigenvalue weighted by atomic mass is 9.69. The average Bonchev–Trinajstić information content (AvgIpc) is 2.08. The van der Waals surface area contributed by atoms with E-state index in [1.807, 2.05) is 0 Å². The Balaban J connectivity index is 2.66. The van der Waals surface area contributed by atoms with Gasteiger partial charge in [-0.2, -0.15) is 5.06 Å². The first-order chi connectivity index (χ1) is 6.42. The maximum atomic E-state index is 5.82. The van der Waals surface area contributed by atoms with Crippen LogP contribution in [0.3, 0.4) is 0 Å². The van der Waals surface area contributed by atoms with Gasteiger partial charge in [-0.1, -0.05) is 20.8 Å². The van der Waals surface area contributed by atoms with Crippen molar-refractivity contribution in [3.05, 3.63) is 0 Å². The van der Waals surface area contributed by atoms with Crippen molar-refractivity contribution in [2.24, 2.45) is 5.41 Å². The van der Waals surface area contributed by atoms with E-state index >= 15 is 0 Å². The monoisotopic (exact) mass is 199 g/mol. The molecule has 0 aromatic carbocycles. The van der Waals surface area contributed by atoms with Crippen molar-refractivity contribution in [2.45, 2.75) is 59.4 Å². The maximum absolute atomic E-state index is 5.82. The summed E-state index contributed by atoms with van der Waals surface area (Å²) in [5, 5.41) is 2.19. The fourth-order valence-corrected chi connectivity index (χ4v) is 2.01. The molecule has 1 aliphatic rings. The molecule has 1 rings (SSSR count). The van der Waals surface area contributed by atoms with Gasteiger partial charge in [0.15, 0.2) is 0 Å². The van der Waals surface area contributed by atoms with Crippen LogP contribution in [-0.4, -0.2) is 23.8 Å².